The molecule has 0 N–H and O–H groups in total. The van der Waals surface area contributed by atoms with E-state index < -0.39 is 15.5 Å². The smallest absolute Gasteiger partial charge is 0.264 e. The van der Waals surface area contributed by atoms with Gasteiger partial charge in [0, 0.05) is 17.3 Å². The third-order valence-electron chi connectivity index (χ3n) is 6.94. The van der Waals surface area contributed by atoms with E-state index in [1.165, 1.54) is 0 Å². The number of carbonyl (C=O) groups excluding carboxylic acids is 1. The van der Waals surface area contributed by atoms with E-state index >= 15 is 0 Å². The molecule has 0 aromatic rings. The zero-order valence-corrected chi connectivity index (χ0v) is 14.4. The molecule has 3 aliphatic carbocycles. The van der Waals surface area contributed by atoms with Gasteiger partial charge in [-0.2, -0.15) is 8.42 Å². The molecule has 5 atom stereocenters. The van der Waals surface area contributed by atoms with Crippen molar-refractivity contribution in [3.63, 3.8) is 0 Å². The molecule has 0 aromatic heterocycles. The van der Waals surface area contributed by atoms with Crippen LogP contribution in [0.2, 0.25) is 0 Å². The van der Waals surface area contributed by atoms with Gasteiger partial charge < -0.3 is 0 Å². The van der Waals surface area contributed by atoms with Crippen molar-refractivity contribution in [1.82, 2.24) is 0 Å². The van der Waals surface area contributed by atoms with Crippen LogP contribution in [-0.4, -0.2) is 26.6 Å². The van der Waals surface area contributed by atoms with Crippen LogP contribution in [0, 0.1) is 28.1 Å². The molecule has 2 bridgehead atoms. The van der Waals surface area contributed by atoms with Crippen LogP contribution >= 0.6 is 0 Å². The molecule has 3 saturated carbocycles. The summed E-state index contributed by atoms with van der Waals surface area (Å²) in [7, 11) is -3.49. The lowest BCUT2D eigenvalue weighted by Crippen LogP contribution is -2.52. The minimum Gasteiger partial charge on any atom is -0.299 e. The van der Waals surface area contributed by atoms with E-state index in [1.807, 2.05) is 6.92 Å². The van der Waals surface area contributed by atoms with Gasteiger partial charge in [0.2, 0.25) is 0 Å². The molecule has 0 heterocycles. The Morgan fingerprint density at radius 3 is 2.33 bits per heavy atom. The fourth-order valence-electron chi connectivity index (χ4n) is 6.36. The first-order valence-electron chi connectivity index (χ1n) is 7.89. The molecule has 0 amide bonds. The summed E-state index contributed by atoms with van der Waals surface area (Å²) in [4.78, 5) is 13.0. The molecule has 120 valence electrons. The summed E-state index contributed by atoms with van der Waals surface area (Å²) in [6.45, 7) is 8.53. The molecule has 0 aromatic carbocycles. The average Bonchev–Trinajstić information content (AvgIpc) is 2.63. The summed E-state index contributed by atoms with van der Waals surface area (Å²) in [5, 5.41) is 0. The van der Waals surface area contributed by atoms with Crippen LogP contribution in [0.25, 0.3) is 0 Å². The monoisotopic (exact) mass is 314 g/mol. The number of ketones is 1. The molecule has 0 radical (unpaired) electrons. The Bertz CT molecular complexity index is 593. The third kappa shape index (κ3) is 1.70. The summed E-state index contributed by atoms with van der Waals surface area (Å²) in [6.07, 6.45) is 4.47. The highest BCUT2D eigenvalue weighted by molar-refractivity contribution is 7.86. The molecule has 21 heavy (non-hydrogen) atoms. The van der Waals surface area contributed by atoms with Crippen molar-refractivity contribution >= 4 is 15.9 Å². The quantitative estimate of drug-likeness (QED) is 0.735. The minimum atomic E-state index is -3.49. The van der Waals surface area contributed by atoms with Gasteiger partial charge in [0.05, 0.1) is 12.4 Å². The van der Waals surface area contributed by atoms with E-state index in [9.17, 15) is 13.2 Å². The second-order valence-corrected chi connectivity index (χ2v) is 9.88. The molecule has 0 spiro atoms. The molecule has 0 saturated heterocycles. The predicted octanol–water partition coefficient (Wildman–Crippen LogP) is 2.77. The van der Waals surface area contributed by atoms with Gasteiger partial charge in [-0.1, -0.05) is 34.1 Å². The van der Waals surface area contributed by atoms with Crippen LogP contribution in [-0.2, 0) is 19.1 Å². The van der Waals surface area contributed by atoms with Gasteiger partial charge in [-0.15, -0.1) is 0 Å². The van der Waals surface area contributed by atoms with E-state index in [2.05, 4.69) is 20.8 Å². The maximum atomic E-state index is 13.0. The summed E-state index contributed by atoms with van der Waals surface area (Å²) in [5.74, 6) is 0.264. The number of carbonyl (C=O) groups is 1. The number of Topliss-reactive ketones (excluding diaryl/α,β-unsaturated/α-hetero) is 1. The van der Waals surface area contributed by atoms with E-state index in [-0.39, 0.29) is 28.8 Å². The fourth-order valence-corrected chi connectivity index (χ4v) is 6.99. The highest BCUT2D eigenvalue weighted by Crippen LogP contribution is 2.76. The van der Waals surface area contributed by atoms with Crippen LogP contribution in [0.15, 0.2) is 0 Å². The lowest BCUT2D eigenvalue weighted by atomic mass is 9.48. The van der Waals surface area contributed by atoms with Gasteiger partial charge in [0.1, 0.15) is 5.78 Å². The third-order valence-corrected chi connectivity index (χ3v) is 7.54. The second-order valence-electron chi connectivity index (χ2n) is 8.28. The van der Waals surface area contributed by atoms with E-state index in [1.54, 1.807) is 0 Å². The van der Waals surface area contributed by atoms with Crippen molar-refractivity contribution in [1.29, 1.82) is 0 Å². The highest BCUT2D eigenvalue weighted by Gasteiger charge is 2.78. The second kappa shape index (κ2) is 4.10. The number of hydrogen-bond donors (Lipinski definition) is 0. The first kappa shape index (κ1) is 15.5. The summed E-state index contributed by atoms with van der Waals surface area (Å²) >= 11 is 0. The molecule has 3 rings (SSSR count). The SMILES string of the molecule is C[C@H]1C(=O)[C@@]23C[C@H](OS(C)(=O)=O)[C@@H]1[C@@]2(C)CCCC3(C)C. The van der Waals surface area contributed by atoms with Gasteiger partial charge >= 0.3 is 0 Å². The van der Waals surface area contributed by atoms with Crippen molar-refractivity contribution < 1.29 is 17.4 Å². The van der Waals surface area contributed by atoms with Crippen molar-refractivity contribution in [2.24, 2.45) is 28.1 Å². The van der Waals surface area contributed by atoms with Gasteiger partial charge in [-0.3, -0.25) is 8.98 Å². The fraction of sp³-hybridized carbons (Fsp3) is 0.938. The minimum absolute atomic E-state index is 0.0271. The maximum absolute atomic E-state index is 13.0. The number of hydrogen-bond acceptors (Lipinski definition) is 4. The van der Waals surface area contributed by atoms with Crippen molar-refractivity contribution in [3.05, 3.63) is 0 Å². The van der Waals surface area contributed by atoms with E-state index in [0.717, 1.165) is 25.5 Å². The normalized spacial score (nSPS) is 48.4. The Kier molecular flexibility index (Phi) is 3.02. The van der Waals surface area contributed by atoms with Crippen LogP contribution in [0.1, 0.15) is 53.4 Å². The summed E-state index contributed by atoms with van der Waals surface area (Å²) in [5.41, 5.74) is -0.631. The Morgan fingerprint density at radius 2 is 1.81 bits per heavy atom. The number of rotatable bonds is 2. The Labute approximate surface area is 127 Å². The van der Waals surface area contributed by atoms with E-state index in [4.69, 9.17) is 4.18 Å². The van der Waals surface area contributed by atoms with Crippen molar-refractivity contribution in [2.45, 2.75) is 59.5 Å². The van der Waals surface area contributed by atoms with Crippen molar-refractivity contribution in [2.75, 3.05) is 6.26 Å². The Hall–Kier alpha value is -0.420. The Balaban J connectivity index is 2.13. The van der Waals surface area contributed by atoms with Crippen molar-refractivity contribution in [3.8, 4) is 0 Å². The van der Waals surface area contributed by atoms with Gasteiger partial charge in [-0.25, -0.2) is 0 Å². The molecular formula is C16H26O4S. The highest BCUT2D eigenvalue weighted by atomic mass is 32.2. The topological polar surface area (TPSA) is 60.4 Å². The van der Waals surface area contributed by atoms with Gasteiger partial charge in [-0.05, 0) is 30.1 Å². The molecule has 4 nitrogen and oxygen atoms in total. The molecule has 3 aliphatic rings. The van der Waals surface area contributed by atoms with Gasteiger partial charge in [0.25, 0.3) is 10.1 Å². The van der Waals surface area contributed by atoms with Crippen LogP contribution in [0.3, 0.4) is 0 Å². The molecule has 0 aliphatic heterocycles. The predicted molar refractivity (Wildman–Crippen MR) is 80.2 cm³/mol. The largest absolute Gasteiger partial charge is 0.299 e. The van der Waals surface area contributed by atoms with Crippen LogP contribution in [0.5, 0.6) is 0 Å². The summed E-state index contributed by atoms with van der Waals surface area (Å²) in [6, 6.07) is 0. The maximum Gasteiger partial charge on any atom is 0.264 e. The average molecular weight is 314 g/mol. The van der Waals surface area contributed by atoms with E-state index in [0.29, 0.717) is 12.2 Å². The molecular weight excluding hydrogens is 288 g/mol. The molecule has 5 heteroatoms. The first-order valence-corrected chi connectivity index (χ1v) is 9.70. The lowest BCUT2D eigenvalue weighted by Gasteiger charge is -2.54. The zero-order valence-electron chi connectivity index (χ0n) is 13.6. The molecule has 0 unspecified atom stereocenters. The standard InChI is InChI=1S/C16H26O4S/c1-10-12-11(20-21(5,18)19)9-16(13(10)17)14(2,3)7-6-8-15(12,16)4/h10-12H,6-9H2,1-5H3/t10-,11+,12-,15-,16-/m1/s1. The first-order chi connectivity index (χ1) is 9.46. The lowest BCUT2D eigenvalue weighted by molar-refractivity contribution is -0.148. The van der Waals surface area contributed by atoms with Gasteiger partial charge in [0.15, 0.2) is 0 Å². The van der Waals surface area contributed by atoms with Crippen LogP contribution < -0.4 is 0 Å². The zero-order chi connectivity index (χ0) is 15.8. The van der Waals surface area contributed by atoms with Crippen LogP contribution in [0.4, 0.5) is 0 Å². The summed E-state index contributed by atoms with van der Waals surface area (Å²) < 4.78 is 28.6. The molecule has 3 fully saturated rings. The Morgan fingerprint density at radius 1 is 1.19 bits per heavy atom.